The van der Waals surface area contributed by atoms with E-state index in [4.69, 9.17) is 0 Å². The Morgan fingerprint density at radius 3 is 2.20 bits per heavy atom. The lowest BCUT2D eigenvalue weighted by atomic mass is 10.4. The third-order valence-electron chi connectivity index (χ3n) is 1.20. The van der Waals surface area contributed by atoms with Gasteiger partial charge < -0.3 is 9.80 Å². The van der Waals surface area contributed by atoms with Gasteiger partial charge in [-0.25, -0.2) is 4.79 Å². The number of carbonyl (C=O) groups excluding carboxylic acids is 1. The van der Waals surface area contributed by atoms with Crippen molar-refractivity contribution in [1.29, 1.82) is 0 Å². The Balaban J connectivity index is 3.71. The molecule has 1 radical (unpaired) electrons. The fraction of sp³-hybridized carbons (Fsp3) is 0.714. The van der Waals surface area contributed by atoms with E-state index in [1.807, 2.05) is 0 Å². The molecule has 0 aromatic rings. The standard InChI is InChI=1S/C7H15N2O/c1-5-6-9(4)7(10)8(2)3/h1,5-6H2,2-4H3. The maximum atomic E-state index is 11.1. The second-order valence-corrected chi connectivity index (χ2v) is 2.45. The minimum absolute atomic E-state index is 0.0312. The van der Waals surface area contributed by atoms with Crippen LogP contribution in [0.1, 0.15) is 6.42 Å². The molecule has 0 aromatic heterocycles. The zero-order valence-corrected chi connectivity index (χ0v) is 6.92. The molecule has 0 spiro atoms. The normalized spacial score (nSPS) is 9.20. The molecule has 0 unspecified atom stereocenters. The molecule has 2 amide bonds. The van der Waals surface area contributed by atoms with E-state index < -0.39 is 0 Å². The molecule has 0 rings (SSSR count). The predicted molar refractivity (Wildman–Crippen MR) is 41.7 cm³/mol. The van der Waals surface area contributed by atoms with Gasteiger partial charge in [-0.2, -0.15) is 0 Å². The van der Waals surface area contributed by atoms with Crippen molar-refractivity contribution < 1.29 is 4.79 Å². The predicted octanol–water partition coefficient (Wildman–Crippen LogP) is 0.824. The Labute approximate surface area is 62.6 Å². The second kappa shape index (κ2) is 4.14. The first-order chi connectivity index (χ1) is 4.59. The van der Waals surface area contributed by atoms with Crippen molar-refractivity contribution in [3.63, 3.8) is 0 Å². The molecular weight excluding hydrogens is 128 g/mol. The van der Waals surface area contributed by atoms with Gasteiger partial charge in [0.25, 0.3) is 0 Å². The molecule has 0 atom stereocenters. The van der Waals surface area contributed by atoms with Crippen LogP contribution in [-0.4, -0.2) is 43.5 Å². The highest BCUT2D eigenvalue weighted by Gasteiger charge is 2.07. The highest BCUT2D eigenvalue weighted by Crippen LogP contribution is 1.91. The molecule has 0 heterocycles. The summed E-state index contributed by atoms with van der Waals surface area (Å²) in [5, 5.41) is 0. The molecule has 3 heteroatoms. The number of rotatable bonds is 2. The van der Waals surface area contributed by atoms with Crippen LogP contribution in [0, 0.1) is 6.92 Å². The number of nitrogens with zero attached hydrogens (tertiary/aromatic N) is 2. The van der Waals surface area contributed by atoms with E-state index in [1.54, 1.807) is 30.9 Å². The van der Waals surface area contributed by atoms with Crippen LogP contribution in [0.2, 0.25) is 0 Å². The average Bonchev–Trinajstić information content (AvgIpc) is 1.87. The molecule has 0 aliphatic carbocycles. The van der Waals surface area contributed by atoms with Crippen LogP contribution in [0.5, 0.6) is 0 Å². The van der Waals surface area contributed by atoms with Crippen LogP contribution >= 0.6 is 0 Å². The minimum Gasteiger partial charge on any atom is -0.331 e. The van der Waals surface area contributed by atoms with Crippen LogP contribution in [-0.2, 0) is 0 Å². The summed E-state index contributed by atoms with van der Waals surface area (Å²) in [6.07, 6.45) is 0.760. The fourth-order valence-electron chi connectivity index (χ4n) is 0.674. The Kier molecular flexibility index (Phi) is 3.84. The van der Waals surface area contributed by atoms with Gasteiger partial charge >= 0.3 is 6.03 Å². The third-order valence-corrected chi connectivity index (χ3v) is 1.20. The summed E-state index contributed by atoms with van der Waals surface area (Å²) < 4.78 is 0. The first-order valence-electron chi connectivity index (χ1n) is 3.31. The minimum atomic E-state index is 0.0312. The van der Waals surface area contributed by atoms with Gasteiger partial charge in [0, 0.05) is 27.7 Å². The molecule has 0 aliphatic heterocycles. The molecule has 0 saturated carbocycles. The van der Waals surface area contributed by atoms with Crippen molar-refractivity contribution in [2.75, 3.05) is 27.7 Å². The molecule has 0 aromatic carbocycles. The van der Waals surface area contributed by atoms with Crippen molar-refractivity contribution in [3.05, 3.63) is 6.92 Å². The lowest BCUT2D eigenvalue weighted by molar-refractivity contribution is 0.182. The van der Waals surface area contributed by atoms with Crippen LogP contribution in [0.25, 0.3) is 0 Å². The quantitative estimate of drug-likeness (QED) is 0.561. The summed E-state index contributed by atoms with van der Waals surface area (Å²) >= 11 is 0. The van der Waals surface area contributed by atoms with Crippen molar-refractivity contribution in [2.45, 2.75) is 6.42 Å². The van der Waals surface area contributed by atoms with E-state index in [0.717, 1.165) is 13.0 Å². The molecule has 0 fully saturated rings. The van der Waals surface area contributed by atoms with Gasteiger partial charge in [-0.1, -0.05) is 6.92 Å². The van der Waals surface area contributed by atoms with E-state index in [1.165, 1.54) is 0 Å². The largest absolute Gasteiger partial charge is 0.331 e. The number of urea groups is 1. The average molecular weight is 143 g/mol. The molecule has 0 saturated heterocycles. The summed E-state index contributed by atoms with van der Waals surface area (Å²) in [7, 11) is 5.25. The molecule has 10 heavy (non-hydrogen) atoms. The summed E-state index contributed by atoms with van der Waals surface area (Å²) in [5.41, 5.74) is 0. The molecule has 0 bridgehead atoms. The lowest BCUT2D eigenvalue weighted by Crippen LogP contribution is -2.36. The van der Waals surface area contributed by atoms with E-state index in [0.29, 0.717) is 0 Å². The van der Waals surface area contributed by atoms with E-state index in [9.17, 15) is 4.79 Å². The number of amides is 2. The highest BCUT2D eigenvalue weighted by atomic mass is 16.2. The molecule has 3 nitrogen and oxygen atoms in total. The maximum absolute atomic E-state index is 11.1. The summed E-state index contributed by atoms with van der Waals surface area (Å²) in [5.74, 6) is 0. The fourth-order valence-corrected chi connectivity index (χ4v) is 0.674. The SMILES string of the molecule is [CH2]CCN(C)C(=O)N(C)C. The van der Waals surface area contributed by atoms with Crippen molar-refractivity contribution in [2.24, 2.45) is 0 Å². The number of carbonyl (C=O) groups is 1. The van der Waals surface area contributed by atoms with Crippen LogP contribution in [0.4, 0.5) is 4.79 Å². The summed E-state index contributed by atoms with van der Waals surface area (Å²) in [4.78, 5) is 14.3. The van der Waals surface area contributed by atoms with Gasteiger partial charge in [0.15, 0.2) is 0 Å². The van der Waals surface area contributed by atoms with Gasteiger partial charge in [0.1, 0.15) is 0 Å². The maximum Gasteiger partial charge on any atom is 0.319 e. The van der Waals surface area contributed by atoms with E-state index in [-0.39, 0.29) is 6.03 Å². The van der Waals surface area contributed by atoms with E-state index >= 15 is 0 Å². The van der Waals surface area contributed by atoms with E-state index in [2.05, 4.69) is 6.92 Å². The third kappa shape index (κ3) is 2.71. The van der Waals surface area contributed by atoms with Crippen LogP contribution in [0.15, 0.2) is 0 Å². The number of hydrogen-bond acceptors (Lipinski definition) is 1. The molecular formula is C7H15N2O. The van der Waals surface area contributed by atoms with Gasteiger partial charge in [-0.3, -0.25) is 0 Å². The first-order valence-corrected chi connectivity index (χ1v) is 3.31. The van der Waals surface area contributed by atoms with Crippen molar-refractivity contribution in [3.8, 4) is 0 Å². The second-order valence-electron chi connectivity index (χ2n) is 2.45. The van der Waals surface area contributed by atoms with Gasteiger partial charge in [0.05, 0.1) is 0 Å². The summed E-state index contributed by atoms with van der Waals surface area (Å²) in [6.45, 7) is 4.37. The number of hydrogen-bond donors (Lipinski definition) is 0. The Hall–Kier alpha value is -0.730. The Morgan fingerprint density at radius 1 is 1.40 bits per heavy atom. The van der Waals surface area contributed by atoms with Gasteiger partial charge in [-0.05, 0) is 6.42 Å². The molecule has 59 valence electrons. The smallest absolute Gasteiger partial charge is 0.319 e. The topological polar surface area (TPSA) is 23.6 Å². The first kappa shape index (κ1) is 9.27. The zero-order valence-electron chi connectivity index (χ0n) is 6.92. The Morgan fingerprint density at radius 2 is 1.90 bits per heavy atom. The van der Waals surface area contributed by atoms with Gasteiger partial charge in [0.2, 0.25) is 0 Å². The monoisotopic (exact) mass is 143 g/mol. The van der Waals surface area contributed by atoms with Crippen molar-refractivity contribution >= 4 is 6.03 Å². The lowest BCUT2D eigenvalue weighted by Gasteiger charge is -2.20. The highest BCUT2D eigenvalue weighted by molar-refractivity contribution is 5.73. The van der Waals surface area contributed by atoms with Crippen molar-refractivity contribution in [1.82, 2.24) is 9.80 Å². The molecule has 0 aliphatic rings. The van der Waals surface area contributed by atoms with Gasteiger partial charge in [-0.15, -0.1) is 0 Å². The zero-order chi connectivity index (χ0) is 8.15. The van der Waals surface area contributed by atoms with Crippen LogP contribution < -0.4 is 0 Å². The summed E-state index contributed by atoms with van der Waals surface area (Å²) in [6, 6.07) is 0.0312. The van der Waals surface area contributed by atoms with Crippen LogP contribution in [0.3, 0.4) is 0 Å². The Bertz CT molecular complexity index is 112. The molecule has 0 N–H and O–H groups in total.